The van der Waals surface area contributed by atoms with E-state index in [1.807, 2.05) is 42.6 Å². The molecule has 1 unspecified atom stereocenters. The van der Waals surface area contributed by atoms with Crippen LogP contribution < -0.4 is 10.6 Å². The molecular weight excluding hydrogens is 587 g/mol. The molecule has 5 nitrogen and oxygen atoms in total. The molecule has 1 atom stereocenters. The van der Waals surface area contributed by atoms with Crippen LogP contribution in [0.2, 0.25) is 0 Å². The number of aliphatic imine (C=N–C) groups is 2. The van der Waals surface area contributed by atoms with Gasteiger partial charge in [-0.2, -0.15) is 0 Å². The van der Waals surface area contributed by atoms with Crippen LogP contribution in [0.15, 0.2) is 131 Å². The van der Waals surface area contributed by atoms with Gasteiger partial charge >= 0.3 is 0 Å². The molecule has 0 bridgehead atoms. The van der Waals surface area contributed by atoms with Crippen molar-refractivity contribution in [3.05, 3.63) is 166 Å². The SMILES string of the molecule is C1=CNCC(c2cc3c(-c4ccc(C5=NC(c6ccccc6)N=C(c6ccccc6)N5)cc4)nc4c(c3c3c2CCC=C3)C=CCC4)=C1. The highest BCUT2D eigenvalue weighted by Crippen LogP contribution is 2.42. The van der Waals surface area contributed by atoms with Gasteiger partial charge in [-0.15, -0.1) is 0 Å². The molecule has 9 rings (SSSR count). The summed E-state index contributed by atoms with van der Waals surface area (Å²) < 4.78 is 0. The van der Waals surface area contributed by atoms with Gasteiger partial charge in [0.15, 0.2) is 6.17 Å². The van der Waals surface area contributed by atoms with Gasteiger partial charge in [0.25, 0.3) is 0 Å². The van der Waals surface area contributed by atoms with Crippen molar-refractivity contribution >= 4 is 40.2 Å². The number of allylic oxidation sites excluding steroid dienone is 4. The third kappa shape index (κ3) is 5.08. The number of aromatic nitrogens is 1. The van der Waals surface area contributed by atoms with Gasteiger partial charge in [-0.3, -0.25) is 4.98 Å². The lowest BCUT2D eigenvalue weighted by Gasteiger charge is -2.25. The molecule has 0 saturated heterocycles. The first-order valence-electron chi connectivity index (χ1n) is 16.9. The molecule has 3 heterocycles. The van der Waals surface area contributed by atoms with Crippen LogP contribution in [0.1, 0.15) is 63.6 Å². The average Bonchev–Trinajstić information content (AvgIpc) is 3.18. The molecule has 0 fully saturated rings. The van der Waals surface area contributed by atoms with Gasteiger partial charge in [0, 0.05) is 45.3 Å². The molecule has 2 aliphatic heterocycles. The molecule has 232 valence electrons. The standard InChI is InChI=1S/C43H35N5/c1-3-12-29(13-4-1)41-46-42(30-14-5-2-6-15-30)48-43(47-41)31-23-21-28(22-24-31)40-37-26-36(32-16-11-25-44-27-32)33-17-7-8-18-34(33)39(37)35-19-9-10-20-38(35)45-40/h1-6,8-9,11-16,18-19,21-26,41,44H,7,10,17,20,27H2,(H,46,47,48). The van der Waals surface area contributed by atoms with Crippen LogP contribution in [0.5, 0.6) is 0 Å². The fraction of sp³-hybridized carbons (Fsp3) is 0.140. The van der Waals surface area contributed by atoms with Crippen molar-refractivity contribution in [2.24, 2.45) is 9.98 Å². The molecule has 1 aromatic heterocycles. The number of dihydropyridines is 1. The lowest BCUT2D eigenvalue weighted by Crippen LogP contribution is -2.36. The van der Waals surface area contributed by atoms with Gasteiger partial charge in [-0.1, -0.05) is 115 Å². The van der Waals surface area contributed by atoms with Crippen molar-refractivity contribution in [2.75, 3.05) is 6.54 Å². The lowest BCUT2D eigenvalue weighted by atomic mass is 9.81. The summed E-state index contributed by atoms with van der Waals surface area (Å²) in [7, 11) is 0. The Kier molecular flexibility index (Phi) is 7.16. The number of rotatable bonds is 5. The van der Waals surface area contributed by atoms with Crippen molar-refractivity contribution < 1.29 is 0 Å². The van der Waals surface area contributed by atoms with Crippen molar-refractivity contribution in [1.82, 2.24) is 15.6 Å². The molecule has 4 aromatic carbocycles. The molecule has 0 amide bonds. The second-order valence-corrected chi connectivity index (χ2v) is 12.7. The second kappa shape index (κ2) is 12.1. The number of nitrogens with one attached hydrogen (secondary N) is 2. The minimum atomic E-state index is -0.326. The van der Waals surface area contributed by atoms with E-state index in [9.17, 15) is 0 Å². The molecule has 0 saturated carbocycles. The summed E-state index contributed by atoms with van der Waals surface area (Å²) in [5, 5.41) is 9.51. The van der Waals surface area contributed by atoms with E-state index in [1.54, 1.807) is 0 Å². The van der Waals surface area contributed by atoms with Crippen LogP contribution in [0.3, 0.4) is 0 Å². The number of hydrogen-bond donors (Lipinski definition) is 2. The summed E-state index contributed by atoms with van der Waals surface area (Å²) in [6.45, 7) is 0.827. The molecule has 48 heavy (non-hydrogen) atoms. The predicted molar refractivity (Wildman–Crippen MR) is 199 cm³/mol. The van der Waals surface area contributed by atoms with Crippen molar-refractivity contribution in [3.63, 3.8) is 0 Å². The number of benzene rings is 4. The van der Waals surface area contributed by atoms with Crippen molar-refractivity contribution in [2.45, 2.75) is 31.8 Å². The van der Waals surface area contributed by atoms with Crippen LogP contribution in [-0.2, 0) is 12.8 Å². The number of hydrogen-bond acceptors (Lipinski definition) is 5. The minimum Gasteiger partial charge on any atom is -0.387 e. The minimum absolute atomic E-state index is 0.326. The lowest BCUT2D eigenvalue weighted by molar-refractivity contribution is 0.756. The maximum atomic E-state index is 5.40. The Morgan fingerprint density at radius 2 is 1.38 bits per heavy atom. The Bertz CT molecular complexity index is 2240. The number of fused-ring (bicyclic) bond motifs is 5. The Balaban J connectivity index is 1.17. The summed E-state index contributed by atoms with van der Waals surface area (Å²) >= 11 is 0. The summed E-state index contributed by atoms with van der Waals surface area (Å²) in [5.74, 6) is 1.63. The highest BCUT2D eigenvalue weighted by Gasteiger charge is 2.25. The monoisotopic (exact) mass is 621 g/mol. The van der Waals surface area contributed by atoms with E-state index in [-0.39, 0.29) is 6.17 Å². The first-order chi connectivity index (χ1) is 23.8. The molecule has 0 spiro atoms. The highest BCUT2D eigenvalue weighted by atomic mass is 15.2. The van der Waals surface area contributed by atoms with Crippen LogP contribution >= 0.6 is 0 Å². The Morgan fingerprint density at radius 3 is 2.12 bits per heavy atom. The van der Waals surface area contributed by atoms with E-state index in [2.05, 4.69) is 102 Å². The normalized spacial score (nSPS) is 17.8. The Morgan fingerprint density at radius 1 is 0.688 bits per heavy atom. The predicted octanol–water partition coefficient (Wildman–Crippen LogP) is 8.82. The third-order valence-corrected chi connectivity index (χ3v) is 9.70. The van der Waals surface area contributed by atoms with Gasteiger partial charge < -0.3 is 10.6 Å². The summed E-state index contributed by atoms with van der Waals surface area (Å²) in [5.41, 5.74) is 13.2. The van der Waals surface area contributed by atoms with Gasteiger partial charge in [0.05, 0.1) is 5.69 Å². The van der Waals surface area contributed by atoms with E-state index < -0.39 is 0 Å². The maximum absolute atomic E-state index is 5.40. The number of amidine groups is 2. The highest BCUT2D eigenvalue weighted by molar-refractivity contribution is 6.16. The molecule has 0 radical (unpaired) electrons. The van der Waals surface area contributed by atoms with E-state index in [1.165, 1.54) is 44.3 Å². The van der Waals surface area contributed by atoms with Gasteiger partial charge in [0.1, 0.15) is 11.7 Å². The molecule has 5 aromatic rings. The topological polar surface area (TPSA) is 61.7 Å². The largest absolute Gasteiger partial charge is 0.387 e. The van der Waals surface area contributed by atoms with E-state index in [0.717, 1.165) is 71.8 Å². The molecule has 5 heteroatoms. The van der Waals surface area contributed by atoms with Crippen molar-refractivity contribution in [3.8, 4) is 11.3 Å². The zero-order valence-electron chi connectivity index (χ0n) is 26.7. The number of aryl methyl sites for hydroxylation is 1. The zero-order chi connectivity index (χ0) is 31.9. The van der Waals surface area contributed by atoms with Crippen molar-refractivity contribution in [1.29, 1.82) is 0 Å². The first kappa shape index (κ1) is 28.4. The molecule has 2 N–H and O–H groups in total. The van der Waals surface area contributed by atoms with E-state index >= 15 is 0 Å². The zero-order valence-corrected chi connectivity index (χ0v) is 26.7. The fourth-order valence-corrected chi connectivity index (χ4v) is 7.35. The van der Waals surface area contributed by atoms with Crippen LogP contribution in [0, 0.1) is 0 Å². The Labute approximate surface area is 280 Å². The summed E-state index contributed by atoms with van der Waals surface area (Å²) in [6.07, 6.45) is 19.4. The average molecular weight is 622 g/mol. The summed E-state index contributed by atoms with van der Waals surface area (Å²) in [4.78, 5) is 15.5. The van der Waals surface area contributed by atoms with Gasteiger partial charge in [0.2, 0.25) is 0 Å². The fourth-order valence-electron chi connectivity index (χ4n) is 7.35. The quantitative estimate of drug-likeness (QED) is 0.206. The first-order valence-corrected chi connectivity index (χ1v) is 16.9. The second-order valence-electron chi connectivity index (χ2n) is 12.7. The molecular formula is C43H35N5. The molecule has 2 aliphatic carbocycles. The molecule has 4 aliphatic rings. The van der Waals surface area contributed by atoms with Crippen LogP contribution in [0.25, 0.3) is 39.8 Å². The third-order valence-electron chi connectivity index (χ3n) is 9.70. The van der Waals surface area contributed by atoms with Gasteiger partial charge in [-0.25, -0.2) is 9.98 Å². The number of pyridine rings is 1. The van der Waals surface area contributed by atoms with E-state index in [4.69, 9.17) is 15.0 Å². The number of nitrogens with zero attached hydrogens (tertiary/aromatic N) is 3. The van der Waals surface area contributed by atoms with E-state index in [0.29, 0.717) is 0 Å². The Hall–Kier alpha value is -5.81. The smallest absolute Gasteiger partial charge is 0.169 e. The summed E-state index contributed by atoms with van der Waals surface area (Å²) in [6, 6.07) is 31.7. The van der Waals surface area contributed by atoms with Crippen LogP contribution in [0.4, 0.5) is 0 Å². The maximum Gasteiger partial charge on any atom is 0.169 e. The van der Waals surface area contributed by atoms with Gasteiger partial charge in [-0.05, 0) is 71.9 Å². The van der Waals surface area contributed by atoms with Crippen LogP contribution in [-0.4, -0.2) is 23.2 Å².